The number of esters is 2. The van der Waals surface area contributed by atoms with Crippen LogP contribution in [0.25, 0.3) is 10.1 Å². The molecule has 7 nitrogen and oxygen atoms in total. The average Bonchev–Trinajstić information content (AvgIpc) is 3.12. The number of nitrogens with zero attached hydrogens (tertiary/aromatic N) is 1. The van der Waals surface area contributed by atoms with Gasteiger partial charge < -0.3 is 9.47 Å². The van der Waals surface area contributed by atoms with Crippen molar-refractivity contribution in [3.63, 3.8) is 0 Å². The Hall–Kier alpha value is -2.82. The highest BCUT2D eigenvalue weighted by atomic mass is 32.2. The number of halogens is 1. The molecule has 0 spiro atoms. The van der Waals surface area contributed by atoms with E-state index >= 15 is 0 Å². The quantitative estimate of drug-likeness (QED) is 0.493. The molecule has 10 heteroatoms. The summed E-state index contributed by atoms with van der Waals surface area (Å²) >= 11 is 1.05. The minimum absolute atomic E-state index is 0.0145. The van der Waals surface area contributed by atoms with Crippen molar-refractivity contribution in [3.8, 4) is 0 Å². The number of hydrogen-bond donors (Lipinski definition) is 0. The van der Waals surface area contributed by atoms with Crippen molar-refractivity contribution in [1.29, 1.82) is 0 Å². The molecule has 0 bridgehead atoms. The second kappa shape index (κ2) is 9.13. The van der Waals surface area contributed by atoms with Crippen LogP contribution < -0.4 is 0 Å². The summed E-state index contributed by atoms with van der Waals surface area (Å²) in [6.45, 7) is 1.42. The van der Waals surface area contributed by atoms with Crippen molar-refractivity contribution in [1.82, 2.24) is 4.31 Å². The van der Waals surface area contributed by atoms with E-state index in [1.54, 1.807) is 13.0 Å². The van der Waals surface area contributed by atoms with E-state index in [0.717, 1.165) is 15.6 Å². The highest BCUT2D eigenvalue weighted by Crippen LogP contribution is 2.34. The van der Waals surface area contributed by atoms with Crippen LogP contribution in [0.2, 0.25) is 0 Å². The Morgan fingerprint density at radius 1 is 1.06 bits per heavy atom. The first-order valence-electron chi connectivity index (χ1n) is 9.23. The molecule has 3 rings (SSSR count). The van der Waals surface area contributed by atoms with Crippen LogP contribution in [0.5, 0.6) is 0 Å². The zero-order valence-corrected chi connectivity index (χ0v) is 18.7. The third-order valence-corrected chi connectivity index (χ3v) is 7.41. The molecule has 0 saturated heterocycles. The predicted octanol–water partition coefficient (Wildman–Crippen LogP) is 3.82. The molecule has 0 aliphatic heterocycles. The van der Waals surface area contributed by atoms with E-state index < -0.39 is 27.8 Å². The number of hydrogen-bond acceptors (Lipinski definition) is 7. The van der Waals surface area contributed by atoms with Crippen LogP contribution in [-0.4, -0.2) is 45.4 Å². The van der Waals surface area contributed by atoms with Crippen molar-refractivity contribution in [2.45, 2.75) is 18.4 Å². The van der Waals surface area contributed by atoms with Gasteiger partial charge in [-0.2, -0.15) is 0 Å². The van der Waals surface area contributed by atoms with Crippen LogP contribution in [0.15, 0.2) is 47.4 Å². The molecule has 1 heterocycles. The Balaban J connectivity index is 1.92. The fraction of sp³-hybridized carbons (Fsp3) is 0.238. The van der Waals surface area contributed by atoms with Crippen LogP contribution in [0.1, 0.15) is 32.5 Å². The average molecular weight is 466 g/mol. The molecule has 0 unspecified atom stereocenters. The number of rotatable bonds is 7. The van der Waals surface area contributed by atoms with Crippen molar-refractivity contribution in [2.75, 3.05) is 20.7 Å². The molecule has 0 fully saturated rings. The molecule has 0 atom stereocenters. The van der Waals surface area contributed by atoms with Gasteiger partial charge in [-0.1, -0.05) is 12.1 Å². The number of sulfonamides is 1. The van der Waals surface area contributed by atoms with Gasteiger partial charge in [0.1, 0.15) is 17.3 Å². The van der Waals surface area contributed by atoms with Gasteiger partial charge in [0, 0.05) is 29.7 Å². The fourth-order valence-electron chi connectivity index (χ4n) is 2.88. The lowest BCUT2D eigenvalue weighted by Gasteiger charge is -2.12. The van der Waals surface area contributed by atoms with E-state index in [4.69, 9.17) is 9.47 Å². The predicted molar refractivity (Wildman–Crippen MR) is 114 cm³/mol. The first-order chi connectivity index (χ1) is 14.7. The van der Waals surface area contributed by atoms with Crippen molar-refractivity contribution < 1.29 is 31.9 Å². The molecular weight excluding hydrogens is 445 g/mol. The summed E-state index contributed by atoms with van der Waals surface area (Å²) in [5, 5.41) is 0.187. The first-order valence-corrected chi connectivity index (χ1v) is 11.5. The number of carbonyl (C=O) groups excluding carboxylic acids is 2. The normalized spacial score (nSPS) is 11.6. The first kappa shape index (κ1) is 22.9. The fourth-order valence-corrected chi connectivity index (χ4v) is 4.95. The van der Waals surface area contributed by atoms with Crippen LogP contribution in [0.4, 0.5) is 4.39 Å². The van der Waals surface area contributed by atoms with Gasteiger partial charge in [0.15, 0.2) is 0 Å². The molecule has 0 aliphatic carbocycles. The standard InChI is InChI=1S/C21H20FNO6S2/c1-4-28-21(25)19-15(18-16(22)9-6-10-17(18)30-19)12-29-20(24)13-7-5-8-14(11-13)31(26,27)23(2)3/h5-11H,4,12H2,1-3H3. The van der Waals surface area contributed by atoms with Gasteiger partial charge in [-0.05, 0) is 37.3 Å². The summed E-state index contributed by atoms with van der Waals surface area (Å²) in [5.41, 5.74) is 0.225. The van der Waals surface area contributed by atoms with E-state index in [1.807, 2.05) is 0 Å². The Bertz CT molecular complexity index is 1250. The summed E-state index contributed by atoms with van der Waals surface area (Å²) in [7, 11) is -0.969. The minimum Gasteiger partial charge on any atom is -0.462 e. The van der Waals surface area contributed by atoms with E-state index in [9.17, 15) is 22.4 Å². The topological polar surface area (TPSA) is 90.0 Å². The molecule has 3 aromatic rings. The third-order valence-electron chi connectivity index (χ3n) is 4.42. The Labute approximate surface area is 183 Å². The van der Waals surface area contributed by atoms with Gasteiger partial charge in [-0.25, -0.2) is 26.7 Å². The lowest BCUT2D eigenvalue weighted by atomic mass is 10.1. The molecule has 0 radical (unpaired) electrons. The number of benzene rings is 2. The van der Waals surface area contributed by atoms with E-state index in [-0.39, 0.29) is 39.5 Å². The Morgan fingerprint density at radius 2 is 1.77 bits per heavy atom. The maximum absolute atomic E-state index is 14.5. The van der Waals surface area contributed by atoms with Gasteiger partial charge >= 0.3 is 11.9 Å². The molecular formula is C21H20FNO6S2. The zero-order chi connectivity index (χ0) is 22.8. The van der Waals surface area contributed by atoms with Crippen LogP contribution in [0, 0.1) is 5.82 Å². The Kier molecular flexibility index (Phi) is 6.73. The summed E-state index contributed by atoms with van der Waals surface area (Å²) in [5.74, 6) is -1.98. The highest BCUT2D eigenvalue weighted by Gasteiger charge is 2.24. The third kappa shape index (κ3) is 4.60. The number of fused-ring (bicyclic) bond motifs is 1. The SMILES string of the molecule is CCOC(=O)c1sc2cccc(F)c2c1COC(=O)c1cccc(S(=O)(=O)N(C)C)c1. The second-order valence-corrected chi connectivity index (χ2v) is 9.84. The van der Waals surface area contributed by atoms with Crippen LogP contribution >= 0.6 is 11.3 Å². The van der Waals surface area contributed by atoms with E-state index in [0.29, 0.717) is 4.70 Å². The Morgan fingerprint density at radius 3 is 2.45 bits per heavy atom. The minimum atomic E-state index is -3.73. The monoisotopic (exact) mass is 465 g/mol. The molecule has 31 heavy (non-hydrogen) atoms. The summed E-state index contributed by atoms with van der Waals surface area (Å²) < 4.78 is 51.0. The molecule has 1 aromatic heterocycles. The summed E-state index contributed by atoms with van der Waals surface area (Å²) in [6.07, 6.45) is 0. The van der Waals surface area contributed by atoms with Gasteiger partial charge in [0.05, 0.1) is 17.1 Å². The molecule has 0 N–H and O–H groups in total. The lowest BCUT2D eigenvalue weighted by Crippen LogP contribution is -2.22. The number of ether oxygens (including phenoxy) is 2. The molecule has 2 aromatic carbocycles. The molecule has 0 amide bonds. The van der Waals surface area contributed by atoms with Crippen molar-refractivity contribution in [2.24, 2.45) is 0 Å². The molecule has 0 saturated carbocycles. The van der Waals surface area contributed by atoms with Gasteiger partial charge in [-0.3, -0.25) is 0 Å². The van der Waals surface area contributed by atoms with E-state index in [1.165, 1.54) is 50.5 Å². The van der Waals surface area contributed by atoms with E-state index in [2.05, 4.69) is 0 Å². The van der Waals surface area contributed by atoms with Crippen LogP contribution in [-0.2, 0) is 26.1 Å². The van der Waals surface area contributed by atoms with Gasteiger partial charge in [0.2, 0.25) is 10.0 Å². The largest absolute Gasteiger partial charge is 0.462 e. The zero-order valence-electron chi connectivity index (χ0n) is 17.0. The number of carbonyl (C=O) groups is 2. The molecule has 0 aliphatic rings. The second-order valence-electron chi connectivity index (χ2n) is 6.63. The van der Waals surface area contributed by atoms with Crippen LogP contribution in [0.3, 0.4) is 0 Å². The molecule has 164 valence electrons. The maximum atomic E-state index is 14.5. The lowest BCUT2D eigenvalue weighted by molar-refractivity contribution is 0.0454. The van der Waals surface area contributed by atoms with Crippen molar-refractivity contribution in [3.05, 3.63) is 64.3 Å². The number of thiophene rings is 1. The van der Waals surface area contributed by atoms with Gasteiger partial charge in [0.25, 0.3) is 0 Å². The summed E-state index contributed by atoms with van der Waals surface area (Å²) in [4.78, 5) is 25.0. The van der Waals surface area contributed by atoms with Crippen molar-refractivity contribution >= 4 is 43.4 Å². The maximum Gasteiger partial charge on any atom is 0.348 e. The van der Waals surface area contributed by atoms with Gasteiger partial charge in [-0.15, -0.1) is 11.3 Å². The highest BCUT2D eigenvalue weighted by molar-refractivity contribution is 7.89. The summed E-state index contributed by atoms with van der Waals surface area (Å²) in [6, 6.07) is 9.85. The smallest absolute Gasteiger partial charge is 0.348 e.